The van der Waals surface area contributed by atoms with Crippen LogP contribution < -0.4 is 4.74 Å². The number of methoxy groups -OCH3 is 1. The van der Waals surface area contributed by atoms with Crippen LogP contribution in [0.4, 0.5) is 0 Å². The largest absolute Gasteiger partial charge is 0.496 e. The number of carbonyl (C=O) groups is 1. The van der Waals surface area contributed by atoms with Crippen molar-refractivity contribution in [2.45, 2.75) is 20.0 Å². The molecule has 2 rings (SSSR count). The predicted octanol–water partition coefficient (Wildman–Crippen LogP) is 3.24. The highest BCUT2D eigenvalue weighted by Gasteiger charge is 2.30. The highest BCUT2D eigenvalue weighted by Crippen LogP contribution is 2.38. The minimum Gasteiger partial charge on any atom is -0.496 e. The number of aliphatic hydroxyl groups is 1. The highest BCUT2D eigenvalue weighted by molar-refractivity contribution is 5.88. The molecule has 0 amide bonds. The van der Waals surface area contributed by atoms with Gasteiger partial charge in [0.25, 0.3) is 0 Å². The second-order valence-electron chi connectivity index (χ2n) is 5.33. The Kier molecular flexibility index (Phi) is 4.48. The average molecular weight is 288 g/mol. The molecule has 2 aromatic rings. The number of hydrogen-bond donors (Lipinski definition) is 2. The lowest BCUT2D eigenvalue weighted by molar-refractivity contribution is -0.144. The Bertz CT molecular complexity index is 650. The van der Waals surface area contributed by atoms with E-state index in [1.165, 1.54) is 0 Å². The molecular formula is C17H20O4. The van der Waals surface area contributed by atoms with Crippen LogP contribution in [0.15, 0.2) is 36.4 Å². The number of carboxylic acids is 1. The molecule has 0 aliphatic carbocycles. The smallest absolute Gasteiger partial charge is 0.306 e. The summed E-state index contributed by atoms with van der Waals surface area (Å²) >= 11 is 0. The summed E-state index contributed by atoms with van der Waals surface area (Å²) in [5.74, 6) is -1.42. The van der Waals surface area contributed by atoms with Crippen molar-refractivity contribution >= 4 is 16.7 Å². The maximum absolute atomic E-state index is 11.2. The van der Waals surface area contributed by atoms with Crippen LogP contribution in [0.5, 0.6) is 5.75 Å². The van der Waals surface area contributed by atoms with E-state index in [0.29, 0.717) is 11.3 Å². The van der Waals surface area contributed by atoms with E-state index >= 15 is 0 Å². The highest BCUT2D eigenvalue weighted by atomic mass is 16.5. The Hall–Kier alpha value is -2.07. The summed E-state index contributed by atoms with van der Waals surface area (Å²) in [6, 6.07) is 11.4. The van der Waals surface area contributed by atoms with Crippen LogP contribution in [-0.4, -0.2) is 23.3 Å². The summed E-state index contributed by atoms with van der Waals surface area (Å²) < 4.78 is 5.36. The van der Waals surface area contributed by atoms with Crippen molar-refractivity contribution in [1.29, 1.82) is 0 Å². The van der Waals surface area contributed by atoms with Crippen LogP contribution >= 0.6 is 0 Å². The number of rotatable bonds is 5. The Morgan fingerprint density at radius 1 is 1.14 bits per heavy atom. The molecule has 2 N–H and O–H groups in total. The lowest BCUT2D eigenvalue weighted by atomic mass is 9.85. The van der Waals surface area contributed by atoms with Gasteiger partial charge >= 0.3 is 5.97 Å². The fourth-order valence-corrected chi connectivity index (χ4v) is 2.52. The Morgan fingerprint density at radius 2 is 1.81 bits per heavy atom. The second-order valence-corrected chi connectivity index (χ2v) is 5.33. The summed E-state index contributed by atoms with van der Waals surface area (Å²) in [6.45, 7) is 3.35. The van der Waals surface area contributed by atoms with E-state index in [-0.39, 0.29) is 0 Å². The number of benzene rings is 2. The van der Waals surface area contributed by atoms with Gasteiger partial charge in [0, 0.05) is 5.56 Å². The SMILES string of the molecule is COc1ccc2ccccc2c1C(O)C(C)C(C)C(=O)O. The van der Waals surface area contributed by atoms with Crippen LogP contribution in [0.1, 0.15) is 25.5 Å². The molecule has 4 heteroatoms. The summed E-state index contributed by atoms with van der Waals surface area (Å²) in [4.78, 5) is 11.2. The topological polar surface area (TPSA) is 66.8 Å². The van der Waals surface area contributed by atoms with Gasteiger partial charge in [0.15, 0.2) is 0 Å². The van der Waals surface area contributed by atoms with Crippen molar-refractivity contribution in [3.8, 4) is 5.75 Å². The number of carboxylic acid groups (broad SMARTS) is 1. The fourth-order valence-electron chi connectivity index (χ4n) is 2.52. The van der Waals surface area contributed by atoms with Gasteiger partial charge in [-0.15, -0.1) is 0 Å². The van der Waals surface area contributed by atoms with Gasteiger partial charge in [-0.3, -0.25) is 4.79 Å². The standard InChI is InChI=1S/C17H20O4/c1-10(11(2)17(19)20)16(18)15-13-7-5-4-6-12(13)8-9-14(15)21-3/h4-11,16,18H,1-3H3,(H,19,20). The minimum atomic E-state index is -0.916. The third-order valence-electron chi connectivity index (χ3n) is 4.12. The van der Waals surface area contributed by atoms with E-state index in [0.717, 1.165) is 10.8 Å². The third kappa shape index (κ3) is 2.85. The van der Waals surface area contributed by atoms with E-state index in [1.807, 2.05) is 30.3 Å². The van der Waals surface area contributed by atoms with Crippen LogP contribution in [0, 0.1) is 11.8 Å². The molecule has 3 atom stereocenters. The quantitative estimate of drug-likeness (QED) is 0.886. The molecule has 112 valence electrons. The first-order valence-corrected chi connectivity index (χ1v) is 6.94. The molecule has 0 fully saturated rings. The average Bonchev–Trinajstić information content (AvgIpc) is 2.51. The number of aliphatic carboxylic acids is 1. The Morgan fingerprint density at radius 3 is 2.43 bits per heavy atom. The van der Waals surface area contributed by atoms with Crippen molar-refractivity contribution in [3.63, 3.8) is 0 Å². The lowest BCUT2D eigenvalue weighted by Crippen LogP contribution is -2.24. The van der Waals surface area contributed by atoms with Gasteiger partial charge in [-0.2, -0.15) is 0 Å². The van der Waals surface area contributed by atoms with Crippen molar-refractivity contribution in [2.75, 3.05) is 7.11 Å². The van der Waals surface area contributed by atoms with Crippen LogP contribution in [-0.2, 0) is 4.79 Å². The molecule has 0 aliphatic rings. The molecule has 0 aromatic heterocycles. The van der Waals surface area contributed by atoms with E-state index in [4.69, 9.17) is 9.84 Å². The molecule has 2 aromatic carbocycles. The summed E-state index contributed by atoms with van der Waals surface area (Å²) in [6.07, 6.45) is -0.905. The van der Waals surface area contributed by atoms with Gasteiger partial charge < -0.3 is 14.9 Å². The molecular weight excluding hydrogens is 268 g/mol. The minimum absolute atomic E-state index is 0.429. The molecule has 3 unspecified atom stereocenters. The first kappa shape index (κ1) is 15.3. The van der Waals surface area contributed by atoms with E-state index in [2.05, 4.69) is 0 Å². The van der Waals surface area contributed by atoms with Gasteiger partial charge in [0.1, 0.15) is 5.75 Å². The van der Waals surface area contributed by atoms with Crippen molar-refractivity contribution < 1.29 is 19.7 Å². The molecule has 0 radical (unpaired) electrons. The van der Waals surface area contributed by atoms with Gasteiger partial charge in [0.05, 0.1) is 19.1 Å². The van der Waals surface area contributed by atoms with E-state index in [9.17, 15) is 9.90 Å². The second kappa shape index (κ2) is 6.14. The zero-order chi connectivity index (χ0) is 15.6. The summed E-state index contributed by atoms with van der Waals surface area (Å²) in [7, 11) is 1.55. The number of ether oxygens (including phenoxy) is 1. The fraction of sp³-hybridized carbons (Fsp3) is 0.353. The number of aliphatic hydroxyl groups excluding tert-OH is 1. The molecule has 0 saturated heterocycles. The van der Waals surface area contributed by atoms with Gasteiger partial charge in [-0.1, -0.05) is 44.2 Å². The monoisotopic (exact) mass is 288 g/mol. The number of fused-ring (bicyclic) bond motifs is 1. The summed E-state index contributed by atoms with van der Waals surface area (Å²) in [5, 5.41) is 21.7. The molecule has 0 bridgehead atoms. The Labute approximate surface area is 124 Å². The molecule has 0 saturated carbocycles. The first-order chi connectivity index (χ1) is 9.97. The van der Waals surface area contributed by atoms with Crippen molar-refractivity contribution in [3.05, 3.63) is 42.0 Å². The van der Waals surface area contributed by atoms with Gasteiger partial charge in [-0.05, 0) is 22.8 Å². The zero-order valence-corrected chi connectivity index (χ0v) is 12.4. The Balaban J connectivity index is 2.55. The maximum Gasteiger partial charge on any atom is 0.306 e. The van der Waals surface area contributed by atoms with Crippen molar-refractivity contribution in [1.82, 2.24) is 0 Å². The van der Waals surface area contributed by atoms with E-state index < -0.39 is 23.9 Å². The van der Waals surface area contributed by atoms with Gasteiger partial charge in [-0.25, -0.2) is 0 Å². The normalized spacial score (nSPS) is 15.4. The molecule has 21 heavy (non-hydrogen) atoms. The van der Waals surface area contributed by atoms with Gasteiger partial charge in [0.2, 0.25) is 0 Å². The molecule has 4 nitrogen and oxygen atoms in total. The van der Waals surface area contributed by atoms with Crippen LogP contribution in [0.25, 0.3) is 10.8 Å². The maximum atomic E-state index is 11.2. The van der Waals surface area contributed by atoms with Crippen LogP contribution in [0.2, 0.25) is 0 Å². The first-order valence-electron chi connectivity index (χ1n) is 6.94. The number of hydrogen-bond acceptors (Lipinski definition) is 3. The third-order valence-corrected chi connectivity index (χ3v) is 4.12. The van der Waals surface area contributed by atoms with Crippen molar-refractivity contribution in [2.24, 2.45) is 11.8 Å². The predicted molar refractivity (Wildman–Crippen MR) is 81.4 cm³/mol. The molecule has 0 heterocycles. The molecule has 0 spiro atoms. The molecule has 0 aliphatic heterocycles. The van der Waals surface area contributed by atoms with E-state index in [1.54, 1.807) is 27.0 Å². The lowest BCUT2D eigenvalue weighted by Gasteiger charge is -2.25. The summed E-state index contributed by atoms with van der Waals surface area (Å²) in [5.41, 5.74) is 0.649. The van der Waals surface area contributed by atoms with Crippen LogP contribution in [0.3, 0.4) is 0 Å². The zero-order valence-electron chi connectivity index (χ0n) is 12.4.